The number of ether oxygens (including phenoxy) is 2. The summed E-state index contributed by atoms with van der Waals surface area (Å²) in [6.45, 7) is 7.60. The van der Waals surface area contributed by atoms with Crippen molar-refractivity contribution in [1.82, 2.24) is 14.7 Å². The van der Waals surface area contributed by atoms with Crippen LogP contribution in [-0.2, 0) is 35.8 Å². The molecule has 2 fully saturated rings. The van der Waals surface area contributed by atoms with Crippen molar-refractivity contribution in [2.75, 3.05) is 39.5 Å². The van der Waals surface area contributed by atoms with E-state index in [4.69, 9.17) is 14.3 Å². The molecule has 1 N–H and O–H groups in total. The van der Waals surface area contributed by atoms with Gasteiger partial charge in [0.25, 0.3) is 5.91 Å². The van der Waals surface area contributed by atoms with Crippen LogP contribution in [-0.4, -0.2) is 84.9 Å². The molecular formula is C30H37N3O7S2. The standard InChI is InChI=1S/C30H37N3O7S2/c1-4-5-17-39-24-11-13-26(14-12-24)42(36,37)33-21-25(20-27(34)32-15-18-38-19-16-32)41-30(2,3)28(33)29(35)31-40-22-23-9-7-6-8-10-23/h6-14,25,28H,15-22H2,1-3H3,(H,31,35)/t25-,28-/m0/s1. The molecule has 2 saturated heterocycles. The molecule has 0 aromatic heterocycles. The van der Waals surface area contributed by atoms with Gasteiger partial charge in [-0.15, -0.1) is 17.7 Å². The number of benzene rings is 2. The third-order valence-electron chi connectivity index (χ3n) is 6.99. The maximum atomic E-state index is 14.1. The highest BCUT2D eigenvalue weighted by molar-refractivity contribution is 8.01. The van der Waals surface area contributed by atoms with Crippen molar-refractivity contribution in [3.05, 3.63) is 60.2 Å². The lowest BCUT2D eigenvalue weighted by Gasteiger charge is -2.47. The first-order valence-corrected chi connectivity index (χ1v) is 16.1. The summed E-state index contributed by atoms with van der Waals surface area (Å²) in [7, 11) is -4.16. The Kier molecular flexibility index (Phi) is 10.9. The molecule has 0 spiro atoms. The lowest BCUT2D eigenvalue weighted by atomic mass is 10.0. The van der Waals surface area contributed by atoms with E-state index in [9.17, 15) is 18.0 Å². The van der Waals surface area contributed by atoms with Gasteiger partial charge in [-0.3, -0.25) is 14.4 Å². The number of hydrogen-bond donors (Lipinski definition) is 1. The van der Waals surface area contributed by atoms with Crippen LogP contribution in [0.3, 0.4) is 0 Å². The van der Waals surface area contributed by atoms with Crippen molar-refractivity contribution in [2.45, 2.75) is 54.7 Å². The van der Waals surface area contributed by atoms with Crippen LogP contribution in [0, 0.1) is 11.8 Å². The molecule has 2 amide bonds. The fraction of sp³-hybridized carbons (Fsp3) is 0.467. The number of nitrogens with zero attached hydrogens (tertiary/aromatic N) is 2. The molecule has 12 heteroatoms. The number of hydrogen-bond acceptors (Lipinski definition) is 8. The molecule has 4 rings (SSSR count). The number of amides is 2. The van der Waals surface area contributed by atoms with Crippen LogP contribution in [0.1, 0.15) is 32.8 Å². The molecule has 2 atom stereocenters. The van der Waals surface area contributed by atoms with Crippen molar-refractivity contribution >= 4 is 33.6 Å². The summed E-state index contributed by atoms with van der Waals surface area (Å²) < 4.78 is 39.4. The summed E-state index contributed by atoms with van der Waals surface area (Å²) in [5, 5.41) is -0.366. The van der Waals surface area contributed by atoms with Gasteiger partial charge in [-0.2, -0.15) is 4.31 Å². The second-order valence-corrected chi connectivity index (χ2v) is 14.3. The molecule has 0 radical (unpaired) electrons. The first-order valence-electron chi connectivity index (χ1n) is 13.7. The topological polar surface area (TPSA) is 114 Å². The second kappa shape index (κ2) is 14.4. The Hall–Kier alpha value is -3.08. The number of thioether (sulfide) groups is 1. The molecule has 2 aromatic rings. The largest absolute Gasteiger partial charge is 0.481 e. The third-order valence-corrected chi connectivity index (χ3v) is 10.3. The van der Waals surface area contributed by atoms with Gasteiger partial charge in [-0.1, -0.05) is 36.3 Å². The van der Waals surface area contributed by atoms with Gasteiger partial charge in [-0.05, 0) is 50.6 Å². The minimum absolute atomic E-state index is 0.0142. The van der Waals surface area contributed by atoms with Crippen molar-refractivity contribution in [2.24, 2.45) is 0 Å². The molecule has 10 nitrogen and oxygen atoms in total. The molecule has 2 aliphatic heterocycles. The van der Waals surface area contributed by atoms with Gasteiger partial charge < -0.3 is 14.4 Å². The first-order chi connectivity index (χ1) is 20.1. The van der Waals surface area contributed by atoms with Crippen LogP contribution in [0.4, 0.5) is 0 Å². The van der Waals surface area contributed by atoms with Crippen molar-refractivity contribution in [3.63, 3.8) is 0 Å². The number of carbonyl (C=O) groups is 2. The van der Waals surface area contributed by atoms with Crippen LogP contribution in [0.25, 0.3) is 0 Å². The highest BCUT2D eigenvalue weighted by Crippen LogP contribution is 2.43. The number of nitrogens with one attached hydrogen (secondary N) is 1. The average molecular weight is 616 g/mol. The fourth-order valence-corrected chi connectivity index (χ4v) is 8.57. The van der Waals surface area contributed by atoms with Gasteiger partial charge in [0.2, 0.25) is 15.9 Å². The fourth-order valence-electron chi connectivity index (χ4n) is 4.97. The second-order valence-electron chi connectivity index (χ2n) is 10.4. The summed E-state index contributed by atoms with van der Waals surface area (Å²) in [5.74, 6) is 5.37. The summed E-state index contributed by atoms with van der Waals surface area (Å²) in [6, 6.07) is 14.3. The van der Waals surface area contributed by atoms with Gasteiger partial charge >= 0.3 is 0 Å². The maximum absolute atomic E-state index is 14.1. The molecular weight excluding hydrogens is 578 g/mol. The first kappa shape index (κ1) is 31.8. The Morgan fingerprint density at radius 2 is 1.79 bits per heavy atom. The normalized spacial score (nSPS) is 20.7. The van der Waals surface area contributed by atoms with Gasteiger partial charge in [-0.25, -0.2) is 13.9 Å². The Bertz CT molecular complexity index is 1380. The molecule has 2 aromatic carbocycles. The lowest BCUT2D eigenvalue weighted by molar-refractivity contribution is -0.139. The highest BCUT2D eigenvalue weighted by Gasteiger charge is 2.51. The zero-order chi connectivity index (χ0) is 30.2. The van der Waals surface area contributed by atoms with Crippen molar-refractivity contribution in [3.8, 4) is 17.6 Å². The van der Waals surface area contributed by atoms with Crippen LogP contribution >= 0.6 is 11.8 Å². The van der Waals surface area contributed by atoms with Crippen molar-refractivity contribution < 1.29 is 32.3 Å². The van der Waals surface area contributed by atoms with E-state index < -0.39 is 26.7 Å². The molecule has 42 heavy (non-hydrogen) atoms. The average Bonchev–Trinajstić information content (AvgIpc) is 2.97. The zero-order valence-corrected chi connectivity index (χ0v) is 25.7. The lowest BCUT2D eigenvalue weighted by Crippen LogP contribution is -2.63. The van der Waals surface area contributed by atoms with Crippen LogP contribution < -0.4 is 10.2 Å². The van der Waals surface area contributed by atoms with Gasteiger partial charge in [0.15, 0.2) is 0 Å². The van der Waals surface area contributed by atoms with E-state index in [0.717, 1.165) is 5.56 Å². The maximum Gasteiger partial charge on any atom is 0.263 e. The van der Waals surface area contributed by atoms with Crippen LogP contribution in [0.15, 0.2) is 59.5 Å². The molecule has 0 unspecified atom stereocenters. The Morgan fingerprint density at radius 3 is 2.45 bits per heavy atom. The SMILES string of the molecule is CC#CCOc1ccc(S(=O)(=O)N2C[C@H](CC(=O)N3CCOCC3)SC(C)(C)[C@@H]2C(=O)NOCc2ccccc2)cc1. The Labute approximate surface area is 252 Å². The molecule has 0 saturated carbocycles. The van der Waals surface area contributed by atoms with E-state index in [-0.39, 0.29) is 42.2 Å². The molecule has 2 heterocycles. The molecule has 0 bridgehead atoms. The number of carbonyl (C=O) groups excluding carboxylic acids is 2. The number of sulfonamides is 1. The minimum Gasteiger partial charge on any atom is -0.481 e. The Balaban J connectivity index is 1.57. The quantitative estimate of drug-likeness (QED) is 0.321. The summed E-state index contributed by atoms with van der Waals surface area (Å²) in [5.41, 5.74) is 3.33. The van der Waals surface area contributed by atoms with E-state index >= 15 is 0 Å². The third kappa shape index (κ3) is 8.05. The monoisotopic (exact) mass is 615 g/mol. The molecule has 2 aliphatic rings. The zero-order valence-electron chi connectivity index (χ0n) is 24.1. The van der Waals surface area contributed by atoms with Gasteiger partial charge in [0, 0.05) is 36.1 Å². The van der Waals surface area contributed by atoms with Crippen molar-refractivity contribution in [1.29, 1.82) is 0 Å². The van der Waals surface area contributed by atoms with E-state index in [1.54, 1.807) is 24.0 Å². The van der Waals surface area contributed by atoms with E-state index in [2.05, 4.69) is 17.3 Å². The smallest absolute Gasteiger partial charge is 0.263 e. The number of rotatable bonds is 10. The van der Waals surface area contributed by atoms with Crippen LogP contribution in [0.2, 0.25) is 0 Å². The number of morpholine rings is 1. The Morgan fingerprint density at radius 1 is 1.10 bits per heavy atom. The molecule has 0 aliphatic carbocycles. The predicted molar refractivity (Wildman–Crippen MR) is 160 cm³/mol. The van der Waals surface area contributed by atoms with E-state index in [0.29, 0.717) is 32.1 Å². The highest BCUT2D eigenvalue weighted by atomic mass is 32.2. The summed E-state index contributed by atoms with van der Waals surface area (Å²) in [4.78, 5) is 34.0. The number of hydroxylamine groups is 1. The van der Waals surface area contributed by atoms with E-state index in [1.807, 2.05) is 44.2 Å². The summed E-state index contributed by atoms with van der Waals surface area (Å²) in [6.07, 6.45) is 0.143. The van der Waals surface area contributed by atoms with E-state index in [1.165, 1.54) is 28.2 Å². The summed E-state index contributed by atoms with van der Waals surface area (Å²) >= 11 is 1.44. The van der Waals surface area contributed by atoms with Crippen LogP contribution in [0.5, 0.6) is 5.75 Å². The molecule has 226 valence electrons. The predicted octanol–water partition coefficient (Wildman–Crippen LogP) is 2.84. The van der Waals surface area contributed by atoms with Gasteiger partial charge in [0.05, 0.1) is 24.7 Å². The minimum atomic E-state index is -4.16. The van der Waals surface area contributed by atoms with Gasteiger partial charge in [0.1, 0.15) is 18.4 Å².